The van der Waals surface area contributed by atoms with Gasteiger partial charge in [-0.2, -0.15) is 0 Å². The molecule has 2 aromatic rings. The van der Waals surface area contributed by atoms with Crippen LogP contribution in [0.25, 0.3) is 10.9 Å². The summed E-state index contributed by atoms with van der Waals surface area (Å²) in [5, 5.41) is 9.31. The Bertz CT molecular complexity index is 758. The second kappa shape index (κ2) is 6.11. The van der Waals surface area contributed by atoms with Crippen LogP contribution in [0.4, 0.5) is 17.6 Å². The van der Waals surface area contributed by atoms with E-state index in [2.05, 4.69) is 9.72 Å². The number of nitrogens with zero attached hydrogens (tertiary/aromatic N) is 1. The van der Waals surface area contributed by atoms with Gasteiger partial charge in [0, 0.05) is 10.9 Å². The van der Waals surface area contributed by atoms with Crippen molar-refractivity contribution in [1.29, 1.82) is 0 Å². The molecule has 0 amide bonds. The third kappa shape index (κ3) is 3.42. The maximum absolute atomic E-state index is 14.2. The molecule has 0 aliphatic rings. The lowest BCUT2D eigenvalue weighted by molar-refractivity contribution is -0.362. The Morgan fingerprint density at radius 1 is 1.39 bits per heavy atom. The van der Waals surface area contributed by atoms with E-state index in [0.29, 0.717) is 12.0 Å². The highest BCUT2D eigenvalue weighted by Crippen LogP contribution is 2.37. The average Bonchev–Trinajstić information content (AvgIpc) is 2.42. The van der Waals surface area contributed by atoms with Crippen molar-refractivity contribution in [1.82, 2.24) is 4.98 Å². The van der Waals surface area contributed by atoms with Crippen molar-refractivity contribution in [2.24, 2.45) is 0 Å². The van der Waals surface area contributed by atoms with Gasteiger partial charge in [-0.15, -0.1) is 13.2 Å². The number of ether oxygens (including phenoxy) is 1. The van der Waals surface area contributed by atoms with E-state index >= 15 is 0 Å². The molecule has 1 N–H and O–H groups in total. The topological polar surface area (TPSA) is 59.4 Å². The van der Waals surface area contributed by atoms with Crippen LogP contribution in [0.5, 0.6) is 0 Å². The van der Waals surface area contributed by atoms with E-state index in [4.69, 9.17) is 0 Å². The predicted molar refractivity (Wildman–Crippen MR) is 73.8 cm³/mol. The van der Waals surface area contributed by atoms with Crippen LogP contribution in [0.1, 0.15) is 40.5 Å². The lowest BCUT2D eigenvalue weighted by Crippen LogP contribution is -2.19. The van der Waals surface area contributed by atoms with E-state index in [-0.39, 0.29) is 16.6 Å². The summed E-state index contributed by atoms with van der Waals surface area (Å²) >= 11 is 0. The molecule has 0 saturated carbocycles. The molecular weight excluding hydrogens is 318 g/mol. The van der Waals surface area contributed by atoms with Gasteiger partial charge < -0.3 is 5.11 Å². The molecule has 124 valence electrons. The maximum Gasteiger partial charge on any atom is 0.525 e. The first kappa shape index (κ1) is 17.1. The number of hydrogen-bond donors (Lipinski definition) is 1. The highest BCUT2D eigenvalue weighted by Gasteiger charge is 2.37. The van der Waals surface area contributed by atoms with Gasteiger partial charge in [0.25, 0.3) is 0 Å². The Morgan fingerprint density at radius 3 is 2.57 bits per heavy atom. The van der Waals surface area contributed by atoms with Crippen LogP contribution in [0.3, 0.4) is 0 Å². The van der Waals surface area contributed by atoms with Crippen LogP contribution in [-0.4, -0.2) is 22.4 Å². The van der Waals surface area contributed by atoms with Crippen LogP contribution < -0.4 is 0 Å². The number of rotatable bonds is 4. The fourth-order valence-electron chi connectivity index (χ4n) is 2.51. The van der Waals surface area contributed by atoms with E-state index < -0.39 is 29.8 Å². The molecule has 1 atom stereocenters. The SMILES string of the molecule is CCc1cccc2nc(C)c(C(=O)O)c(C(F)OC(F)(F)F)c12. The Labute approximate surface area is 128 Å². The zero-order chi connectivity index (χ0) is 17.4. The van der Waals surface area contributed by atoms with Gasteiger partial charge in [-0.3, -0.25) is 9.72 Å². The molecule has 1 aromatic carbocycles. The quantitative estimate of drug-likeness (QED) is 0.848. The van der Waals surface area contributed by atoms with Crippen LogP contribution in [0.2, 0.25) is 0 Å². The van der Waals surface area contributed by atoms with Gasteiger partial charge in [0.05, 0.1) is 16.8 Å². The van der Waals surface area contributed by atoms with Gasteiger partial charge in [-0.05, 0) is 25.0 Å². The minimum absolute atomic E-state index is 0.0368. The third-order valence-electron chi connectivity index (χ3n) is 3.38. The molecule has 23 heavy (non-hydrogen) atoms. The Balaban J connectivity index is 2.85. The zero-order valence-corrected chi connectivity index (χ0v) is 12.2. The van der Waals surface area contributed by atoms with Crippen molar-refractivity contribution in [3.63, 3.8) is 0 Å². The van der Waals surface area contributed by atoms with E-state index in [1.165, 1.54) is 13.0 Å². The second-order valence-electron chi connectivity index (χ2n) is 4.84. The molecule has 1 unspecified atom stereocenters. The number of pyridine rings is 1. The van der Waals surface area contributed by atoms with Gasteiger partial charge >= 0.3 is 12.3 Å². The standard InChI is InChI=1S/C15H13F4NO3/c1-3-8-5-4-6-9-11(8)12(13(16)23-15(17,18)19)10(14(21)22)7(2)20-9/h4-6,13H,3H2,1-2H3,(H,21,22). The minimum Gasteiger partial charge on any atom is -0.478 e. The number of carboxylic acids is 1. The number of aromatic carboxylic acids is 1. The van der Waals surface area contributed by atoms with Crippen LogP contribution in [0, 0.1) is 6.92 Å². The average molecular weight is 331 g/mol. The molecule has 0 bridgehead atoms. The van der Waals surface area contributed by atoms with Crippen molar-refractivity contribution in [3.05, 3.63) is 40.6 Å². The zero-order valence-electron chi connectivity index (χ0n) is 12.2. The first-order valence-electron chi connectivity index (χ1n) is 6.69. The number of hydrogen-bond acceptors (Lipinski definition) is 3. The highest BCUT2D eigenvalue weighted by molar-refractivity contribution is 5.98. The summed E-state index contributed by atoms with van der Waals surface area (Å²) in [6, 6.07) is 4.68. The van der Waals surface area contributed by atoms with Gasteiger partial charge in [-0.25, -0.2) is 9.18 Å². The number of fused-ring (bicyclic) bond motifs is 1. The number of carbonyl (C=O) groups is 1. The van der Waals surface area contributed by atoms with E-state index in [1.807, 2.05) is 0 Å². The van der Waals surface area contributed by atoms with Crippen molar-refractivity contribution in [2.45, 2.75) is 33.0 Å². The Hall–Kier alpha value is -2.22. The van der Waals surface area contributed by atoms with Gasteiger partial charge in [0.15, 0.2) is 0 Å². The van der Waals surface area contributed by atoms with Gasteiger partial charge in [0.1, 0.15) is 0 Å². The second-order valence-corrected chi connectivity index (χ2v) is 4.84. The fraction of sp³-hybridized carbons (Fsp3) is 0.333. The summed E-state index contributed by atoms with van der Waals surface area (Å²) in [6.45, 7) is 3.02. The summed E-state index contributed by atoms with van der Waals surface area (Å²) in [7, 11) is 0. The molecule has 0 saturated heterocycles. The summed E-state index contributed by atoms with van der Waals surface area (Å²) in [4.78, 5) is 15.5. The summed E-state index contributed by atoms with van der Waals surface area (Å²) in [5.41, 5.74) is -0.650. The molecule has 0 aliphatic carbocycles. The van der Waals surface area contributed by atoms with Crippen molar-refractivity contribution >= 4 is 16.9 Å². The Morgan fingerprint density at radius 2 is 2.04 bits per heavy atom. The molecule has 0 aliphatic heterocycles. The number of carboxylic acid groups (broad SMARTS) is 1. The molecular formula is C15H13F4NO3. The smallest absolute Gasteiger partial charge is 0.478 e. The molecule has 0 spiro atoms. The molecule has 1 heterocycles. The summed E-state index contributed by atoms with van der Waals surface area (Å²) < 4.78 is 54.8. The van der Waals surface area contributed by atoms with Crippen molar-refractivity contribution in [2.75, 3.05) is 0 Å². The molecule has 0 radical (unpaired) electrons. The summed E-state index contributed by atoms with van der Waals surface area (Å²) in [5.74, 6) is -1.56. The van der Waals surface area contributed by atoms with Crippen molar-refractivity contribution in [3.8, 4) is 0 Å². The van der Waals surface area contributed by atoms with E-state index in [0.717, 1.165) is 0 Å². The lowest BCUT2D eigenvalue weighted by atomic mass is 9.95. The van der Waals surface area contributed by atoms with E-state index in [9.17, 15) is 27.5 Å². The molecule has 2 rings (SSSR count). The Kier molecular flexibility index (Phi) is 4.56. The maximum atomic E-state index is 14.2. The normalized spacial score (nSPS) is 13.3. The molecule has 4 nitrogen and oxygen atoms in total. The van der Waals surface area contributed by atoms with E-state index in [1.54, 1.807) is 19.1 Å². The van der Waals surface area contributed by atoms with Crippen LogP contribution in [-0.2, 0) is 11.2 Å². The number of benzene rings is 1. The van der Waals surface area contributed by atoms with Crippen LogP contribution >= 0.6 is 0 Å². The molecule has 1 aromatic heterocycles. The van der Waals surface area contributed by atoms with Gasteiger partial charge in [-0.1, -0.05) is 19.1 Å². The number of aryl methyl sites for hydroxylation is 2. The van der Waals surface area contributed by atoms with Crippen LogP contribution in [0.15, 0.2) is 18.2 Å². The number of alkyl halides is 4. The van der Waals surface area contributed by atoms with Crippen molar-refractivity contribution < 1.29 is 32.2 Å². The lowest BCUT2D eigenvalue weighted by Gasteiger charge is -2.19. The number of aromatic nitrogens is 1. The molecule has 0 fully saturated rings. The minimum atomic E-state index is -5.24. The van der Waals surface area contributed by atoms with Gasteiger partial charge in [0.2, 0.25) is 6.36 Å². The number of halogens is 4. The molecule has 8 heteroatoms. The first-order valence-corrected chi connectivity index (χ1v) is 6.69. The first-order chi connectivity index (χ1) is 10.7. The highest BCUT2D eigenvalue weighted by atomic mass is 19.4. The third-order valence-corrected chi connectivity index (χ3v) is 3.38. The monoisotopic (exact) mass is 331 g/mol. The predicted octanol–water partition coefficient (Wildman–Crippen LogP) is 4.31. The fourth-order valence-corrected chi connectivity index (χ4v) is 2.51. The largest absolute Gasteiger partial charge is 0.525 e. The summed E-state index contributed by atoms with van der Waals surface area (Å²) in [6.07, 6.45) is -7.83.